The molecule has 18 heavy (non-hydrogen) atoms. The molecular formula is C14H20N2OS. The molecule has 1 heterocycles. The van der Waals surface area contributed by atoms with Gasteiger partial charge in [0.15, 0.2) is 0 Å². The van der Waals surface area contributed by atoms with Gasteiger partial charge in [-0.05, 0) is 18.1 Å². The summed E-state index contributed by atoms with van der Waals surface area (Å²) in [5, 5.41) is 0.555. The average Bonchev–Trinajstić information content (AvgIpc) is 2.54. The smallest absolute Gasteiger partial charge is 0.248 e. The highest BCUT2D eigenvalue weighted by Crippen LogP contribution is 2.38. The maximum absolute atomic E-state index is 11.8. The average molecular weight is 264 g/mol. The molecule has 0 aromatic heterocycles. The number of likely N-dealkylation sites (N-methyl/N-ethyl adjacent to an activating group) is 1. The Kier molecular flexibility index (Phi) is 3.69. The van der Waals surface area contributed by atoms with Gasteiger partial charge in [-0.15, -0.1) is 11.8 Å². The summed E-state index contributed by atoms with van der Waals surface area (Å²) in [4.78, 5) is 14.7. The van der Waals surface area contributed by atoms with E-state index < -0.39 is 6.04 Å². The van der Waals surface area contributed by atoms with Crippen LogP contribution in [0.25, 0.3) is 0 Å². The first-order chi connectivity index (χ1) is 8.41. The van der Waals surface area contributed by atoms with E-state index in [1.54, 1.807) is 11.9 Å². The zero-order valence-electron chi connectivity index (χ0n) is 11.3. The summed E-state index contributed by atoms with van der Waals surface area (Å²) in [5.74, 6) is 0.605. The molecule has 1 aliphatic rings. The van der Waals surface area contributed by atoms with Gasteiger partial charge in [-0.3, -0.25) is 4.79 Å². The van der Waals surface area contributed by atoms with Crippen LogP contribution in [0.2, 0.25) is 0 Å². The number of carbonyl (C=O) groups is 1. The Balaban J connectivity index is 2.26. The lowest BCUT2D eigenvalue weighted by molar-refractivity contribution is -0.118. The van der Waals surface area contributed by atoms with Gasteiger partial charge >= 0.3 is 0 Å². The number of carbonyl (C=O) groups excluding carboxylic acids is 1. The van der Waals surface area contributed by atoms with Crippen molar-refractivity contribution in [2.75, 3.05) is 11.9 Å². The minimum atomic E-state index is -0.494. The van der Waals surface area contributed by atoms with Crippen LogP contribution in [0, 0.1) is 5.92 Å². The quantitative estimate of drug-likeness (QED) is 0.854. The molecule has 2 rings (SSSR count). The lowest BCUT2D eigenvalue weighted by atomic mass is 10.1. The molecule has 1 aromatic rings. The Morgan fingerprint density at radius 3 is 2.61 bits per heavy atom. The number of fused-ring (bicyclic) bond motifs is 1. The molecule has 1 aliphatic heterocycles. The molecule has 0 fully saturated rings. The Morgan fingerprint density at radius 1 is 1.33 bits per heavy atom. The molecule has 3 nitrogen and oxygen atoms in total. The molecule has 0 spiro atoms. The molecule has 0 aliphatic carbocycles. The van der Waals surface area contributed by atoms with E-state index in [2.05, 4.69) is 32.9 Å². The Bertz CT molecular complexity index is 473. The van der Waals surface area contributed by atoms with Crippen LogP contribution < -0.4 is 10.6 Å². The van der Waals surface area contributed by atoms with E-state index in [1.807, 2.05) is 17.8 Å². The van der Waals surface area contributed by atoms with Crippen molar-refractivity contribution in [3.8, 4) is 0 Å². The second kappa shape index (κ2) is 4.94. The number of nitrogens with zero attached hydrogens (tertiary/aromatic N) is 1. The monoisotopic (exact) mass is 264 g/mol. The molecule has 2 N–H and O–H groups in total. The summed E-state index contributed by atoms with van der Waals surface area (Å²) >= 11 is 1.84. The molecule has 1 amide bonds. The van der Waals surface area contributed by atoms with Gasteiger partial charge in [0.05, 0.1) is 0 Å². The minimum Gasteiger partial charge on any atom is -0.316 e. The Morgan fingerprint density at radius 2 is 2.00 bits per heavy atom. The van der Waals surface area contributed by atoms with Gasteiger partial charge in [-0.2, -0.15) is 0 Å². The largest absolute Gasteiger partial charge is 0.316 e. The van der Waals surface area contributed by atoms with Crippen molar-refractivity contribution in [2.24, 2.45) is 11.7 Å². The number of thioether (sulfide) groups is 1. The van der Waals surface area contributed by atoms with Crippen LogP contribution in [0.3, 0.4) is 0 Å². The minimum absolute atomic E-state index is 0.0240. The van der Waals surface area contributed by atoms with E-state index in [1.165, 1.54) is 4.90 Å². The van der Waals surface area contributed by atoms with Gasteiger partial charge in [-0.1, -0.05) is 26.8 Å². The zero-order valence-corrected chi connectivity index (χ0v) is 12.1. The molecule has 0 radical (unpaired) electrons. The van der Waals surface area contributed by atoms with Gasteiger partial charge in [0, 0.05) is 28.4 Å². The topological polar surface area (TPSA) is 46.3 Å². The fraction of sp³-hybridized carbons (Fsp3) is 0.500. The van der Waals surface area contributed by atoms with Gasteiger partial charge in [0.1, 0.15) is 6.04 Å². The van der Waals surface area contributed by atoms with Crippen molar-refractivity contribution in [3.63, 3.8) is 0 Å². The number of hydrogen-bond acceptors (Lipinski definition) is 3. The van der Waals surface area contributed by atoms with Crippen molar-refractivity contribution in [1.82, 2.24) is 0 Å². The highest BCUT2D eigenvalue weighted by molar-refractivity contribution is 8.00. The second-order valence-electron chi connectivity index (χ2n) is 5.16. The second-order valence-corrected chi connectivity index (χ2v) is 6.61. The van der Waals surface area contributed by atoms with Crippen LogP contribution in [0.1, 0.15) is 32.4 Å². The van der Waals surface area contributed by atoms with Crippen LogP contribution in [0.4, 0.5) is 5.69 Å². The normalized spacial score (nSPS) is 20.4. The van der Waals surface area contributed by atoms with Crippen molar-refractivity contribution in [1.29, 1.82) is 0 Å². The van der Waals surface area contributed by atoms with Crippen LogP contribution in [-0.4, -0.2) is 18.2 Å². The zero-order chi connectivity index (χ0) is 13.4. The number of amides is 1. The predicted octanol–water partition coefficient (Wildman–Crippen LogP) is 2.80. The first kappa shape index (κ1) is 13.4. The third kappa shape index (κ3) is 2.27. The highest BCUT2D eigenvalue weighted by Gasteiger charge is 2.32. The molecule has 0 saturated heterocycles. The van der Waals surface area contributed by atoms with E-state index in [9.17, 15) is 4.79 Å². The van der Waals surface area contributed by atoms with Gasteiger partial charge in [0.25, 0.3) is 0 Å². The third-order valence-electron chi connectivity index (χ3n) is 3.56. The first-order valence-electron chi connectivity index (χ1n) is 6.25. The molecule has 0 bridgehead atoms. The summed E-state index contributed by atoms with van der Waals surface area (Å²) in [7, 11) is 1.79. The van der Waals surface area contributed by atoms with Crippen molar-refractivity contribution >= 4 is 23.4 Å². The number of benzene rings is 1. The van der Waals surface area contributed by atoms with Gasteiger partial charge in [0.2, 0.25) is 5.91 Å². The predicted molar refractivity (Wildman–Crippen MR) is 76.9 cm³/mol. The summed E-state index contributed by atoms with van der Waals surface area (Å²) in [6.45, 7) is 6.66. The molecular weight excluding hydrogens is 244 g/mol. The number of anilines is 1. The van der Waals surface area contributed by atoms with Crippen LogP contribution in [0.15, 0.2) is 23.1 Å². The van der Waals surface area contributed by atoms with E-state index >= 15 is 0 Å². The molecule has 4 heteroatoms. The lowest BCUT2D eigenvalue weighted by Crippen LogP contribution is -2.27. The summed E-state index contributed by atoms with van der Waals surface area (Å²) in [6, 6.07) is 5.63. The summed E-state index contributed by atoms with van der Waals surface area (Å²) in [6.07, 6.45) is 0. The van der Waals surface area contributed by atoms with Crippen LogP contribution >= 0.6 is 11.8 Å². The van der Waals surface area contributed by atoms with E-state index in [0.717, 1.165) is 11.3 Å². The van der Waals surface area contributed by atoms with Crippen LogP contribution in [0.5, 0.6) is 0 Å². The SMILES string of the molecule is CC(C)C(C)Sc1ccc2c(c1)N(C)C(=O)C2N. The van der Waals surface area contributed by atoms with Gasteiger partial charge < -0.3 is 10.6 Å². The first-order valence-corrected chi connectivity index (χ1v) is 7.13. The lowest BCUT2D eigenvalue weighted by Gasteiger charge is -2.16. The highest BCUT2D eigenvalue weighted by atomic mass is 32.2. The van der Waals surface area contributed by atoms with Gasteiger partial charge in [-0.25, -0.2) is 0 Å². The van der Waals surface area contributed by atoms with Crippen LogP contribution in [-0.2, 0) is 4.79 Å². The molecule has 98 valence electrons. The van der Waals surface area contributed by atoms with Crippen molar-refractivity contribution in [3.05, 3.63) is 23.8 Å². The summed E-state index contributed by atoms with van der Waals surface area (Å²) in [5.41, 5.74) is 7.77. The van der Waals surface area contributed by atoms with E-state index in [4.69, 9.17) is 5.73 Å². The van der Waals surface area contributed by atoms with E-state index in [0.29, 0.717) is 11.2 Å². The number of hydrogen-bond donors (Lipinski definition) is 1. The number of nitrogens with two attached hydrogens (primary N) is 1. The summed E-state index contributed by atoms with van der Waals surface area (Å²) < 4.78 is 0. The fourth-order valence-electron chi connectivity index (χ4n) is 1.96. The number of rotatable bonds is 3. The fourth-order valence-corrected chi connectivity index (χ4v) is 2.99. The maximum atomic E-state index is 11.8. The maximum Gasteiger partial charge on any atom is 0.248 e. The third-order valence-corrected chi connectivity index (χ3v) is 5.00. The molecule has 2 atom stereocenters. The Labute approximate surface area is 113 Å². The van der Waals surface area contributed by atoms with E-state index in [-0.39, 0.29) is 5.91 Å². The standard InChI is InChI=1S/C14H20N2OS/c1-8(2)9(3)18-10-5-6-11-12(7-10)16(4)14(17)13(11)15/h5-9,13H,15H2,1-4H3. The molecule has 0 saturated carbocycles. The molecule has 1 aromatic carbocycles. The molecule has 2 unspecified atom stereocenters. The Hall–Kier alpha value is -1.00. The van der Waals surface area contributed by atoms with Crippen molar-refractivity contribution in [2.45, 2.75) is 37.0 Å². The van der Waals surface area contributed by atoms with Crippen molar-refractivity contribution < 1.29 is 4.79 Å².